The standard InChI is InChI=1S/C11H14N4O2S2/c12-15-10-4-5-13-8-11(10)19(16,17)14-6-3-9-2-1-7-18-9/h1-2,4-5,7-8,14H,3,6,12H2,(H,13,15). The molecule has 8 heteroatoms. The molecule has 0 atom stereocenters. The molecule has 0 saturated heterocycles. The van der Waals surface area contributed by atoms with Gasteiger partial charge in [0.25, 0.3) is 0 Å². The maximum atomic E-state index is 12.1. The molecule has 19 heavy (non-hydrogen) atoms. The van der Waals surface area contributed by atoms with Crippen LogP contribution in [0.5, 0.6) is 0 Å². The van der Waals surface area contributed by atoms with Crippen LogP contribution in [-0.2, 0) is 16.4 Å². The Bertz CT molecular complexity index is 626. The van der Waals surface area contributed by atoms with Crippen molar-refractivity contribution in [1.82, 2.24) is 9.71 Å². The first kappa shape index (κ1) is 13.9. The van der Waals surface area contributed by atoms with Gasteiger partial charge >= 0.3 is 0 Å². The number of pyridine rings is 1. The van der Waals surface area contributed by atoms with Crippen LogP contribution in [0.3, 0.4) is 0 Å². The molecule has 0 aromatic carbocycles. The van der Waals surface area contributed by atoms with Gasteiger partial charge in [0.05, 0.1) is 5.69 Å². The van der Waals surface area contributed by atoms with Gasteiger partial charge in [0.1, 0.15) is 4.90 Å². The number of nitrogens with one attached hydrogen (secondary N) is 2. The lowest BCUT2D eigenvalue weighted by molar-refractivity contribution is 0.581. The fourth-order valence-corrected chi connectivity index (χ4v) is 3.41. The monoisotopic (exact) mass is 298 g/mol. The molecule has 2 aromatic heterocycles. The smallest absolute Gasteiger partial charge is 0.244 e. The quantitative estimate of drug-likeness (QED) is 0.545. The number of aromatic nitrogens is 1. The summed E-state index contributed by atoms with van der Waals surface area (Å²) in [7, 11) is -3.61. The third kappa shape index (κ3) is 3.51. The van der Waals surface area contributed by atoms with Crippen LogP contribution in [0.2, 0.25) is 0 Å². The van der Waals surface area contributed by atoms with Crippen LogP contribution in [0, 0.1) is 0 Å². The van der Waals surface area contributed by atoms with Crippen LogP contribution in [0.15, 0.2) is 40.9 Å². The molecule has 0 unspecified atom stereocenters. The number of nitrogen functional groups attached to an aromatic ring is 1. The molecule has 0 aliphatic heterocycles. The van der Waals surface area contributed by atoms with E-state index in [0.717, 1.165) is 4.88 Å². The first-order valence-corrected chi connectivity index (χ1v) is 7.92. The molecule has 4 N–H and O–H groups in total. The fraction of sp³-hybridized carbons (Fsp3) is 0.182. The van der Waals surface area contributed by atoms with Crippen molar-refractivity contribution in [2.24, 2.45) is 5.84 Å². The second-order valence-corrected chi connectivity index (χ2v) is 6.51. The Kier molecular flexibility index (Phi) is 4.48. The maximum absolute atomic E-state index is 12.1. The molecule has 0 aliphatic rings. The van der Waals surface area contributed by atoms with Crippen molar-refractivity contribution in [2.45, 2.75) is 11.3 Å². The van der Waals surface area contributed by atoms with Crippen LogP contribution >= 0.6 is 11.3 Å². The number of anilines is 1. The largest absolute Gasteiger partial charge is 0.323 e. The molecule has 2 rings (SSSR count). The van der Waals surface area contributed by atoms with Gasteiger partial charge in [0, 0.05) is 23.8 Å². The average molecular weight is 298 g/mol. The summed E-state index contributed by atoms with van der Waals surface area (Å²) in [6.45, 7) is 0.335. The van der Waals surface area contributed by atoms with Crippen LogP contribution < -0.4 is 16.0 Å². The van der Waals surface area contributed by atoms with Crippen molar-refractivity contribution in [3.63, 3.8) is 0 Å². The maximum Gasteiger partial charge on any atom is 0.244 e. The third-order valence-electron chi connectivity index (χ3n) is 2.47. The van der Waals surface area contributed by atoms with E-state index in [9.17, 15) is 8.42 Å². The number of hydrogen-bond acceptors (Lipinski definition) is 6. The molecule has 0 amide bonds. The van der Waals surface area contributed by atoms with Crippen molar-refractivity contribution in [3.8, 4) is 0 Å². The molecule has 0 aliphatic carbocycles. The highest BCUT2D eigenvalue weighted by Gasteiger charge is 2.17. The molecule has 2 heterocycles. The molecular weight excluding hydrogens is 284 g/mol. The van der Waals surface area contributed by atoms with Crippen molar-refractivity contribution in [1.29, 1.82) is 0 Å². The number of hydrogen-bond donors (Lipinski definition) is 3. The summed E-state index contributed by atoms with van der Waals surface area (Å²) >= 11 is 1.60. The van der Waals surface area contributed by atoms with Gasteiger partial charge in [-0.05, 0) is 23.9 Å². The summed E-state index contributed by atoms with van der Waals surface area (Å²) in [5.41, 5.74) is 2.67. The van der Waals surface area contributed by atoms with Gasteiger partial charge in [0.15, 0.2) is 0 Å². The number of nitrogens with two attached hydrogens (primary N) is 1. The van der Waals surface area contributed by atoms with E-state index < -0.39 is 10.0 Å². The van der Waals surface area contributed by atoms with Crippen molar-refractivity contribution in [3.05, 3.63) is 40.8 Å². The van der Waals surface area contributed by atoms with Gasteiger partial charge in [-0.1, -0.05) is 6.07 Å². The Morgan fingerprint density at radius 2 is 2.21 bits per heavy atom. The average Bonchev–Trinajstić information content (AvgIpc) is 2.91. The van der Waals surface area contributed by atoms with Crippen LogP contribution in [0.1, 0.15) is 4.88 Å². The zero-order valence-corrected chi connectivity index (χ0v) is 11.7. The van der Waals surface area contributed by atoms with Gasteiger partial charge in [-0.25, -0.2) is 13.1 Å². The number of hydrazine groups is 1. The number of thiophene rings is 1. The zero-order chi connectivity index (χ0) is 13.7. The Balaban J connectivity index is 2.05. The SMILES string of the molecule is NNc1ccncc1S(=O)(=O)NCCc1cccs1. The lowest BCUT2D eigenvalue weighted by atomic mass is 10.3. The van der Waals surface area contributed by atoms with E-state index in [1.807, 2.05) is 17.5 Å². The Labute approximate surface area is 115 Å². The minimum absolute atomic E-state index is 0.0451. The summed E-state index contributed by atoms with van der Waals surface area (Å²) in [5, 5.41) is 1.96. The minimum atomic E-state index is -3.61. The summed E-state index contributed by atoms with van der Waals surface area (Å²) in [6.07, 6.45) is 3.39. The zero-order valence-electron chi connectivity index (χ0n) is 10.0. The van der Waals surface area contributed by atoms with Crippen LogP contribution in [0.25, 0.3) is 0 Å². The van der Waals surface area contributed by atoms with Gasteiger partial charge in [-0.2, -0.15) is 0 Å². The lowest BCUT2D eigenvalue weighted by Gasteiger charge is -2.09. The van der Waals surface area contributed by atoms with Gasteiger partial charge < -0.3 is 5.43 Å². The summed E-state index contributed by atoms with van der Waals surface area (Å²) in [6, 6.07) is 5.41. The van der Waals surface area contributed by atoms with Crippen molar-refractivity contribution < 1.29 is 8.42 Å². The molecule has 0 saturated carbocycles. The van der Waals surface area contributed by atoms with E-state index >= 15 is 0 Å². The van der Waals surface area contributed by atoms with Gasteiger partial charge in [-0.3, -0.25) is 10.8 Å². The highest BCUT2D eigenvalue weighted by molar-refractivity contribution is 7.89. The molecule has 0 radical (unpaired) electrons. The van der Waals surface area contributed by atoms with Crippen molar-refractivity contribution in [2.75, 3.05) is 12.0 Å². The second kappa shape index (κ2) is 6.11. The normalized spacial score (nSPS) is 11.4. The molecule has 0 spiro atoms. The fourth-order valence-electron chi connectivity index (χ4n) is 1.55. The molecule has 6 nitrogen and oxygen atoms in total. The minimum Gasteiger partial charge on any atom is -0.323 e. The molecular formula is C11H14N4O2S2. The van der Waals surface area contributed by atoms with E-state index in [4.69, 9.17) is 5.84 Å². The summed E-state index contributed by atoms with van der Waals surface area (Å²) < 4.78 is 26.7. The van der Waals surface area contributed by atoms with Gasteiger partial charge in [-0.15, -0.1) is 11.3 Å². The third-order valence-corrected chi connectivity index (χ3v) is 4.90. The van der Waals surface area contributed by atoms with E-state index in [-0.39, 0.29) is 4.90 Å². The first-order chi connectivity index (χ1) is 9.13. The Hall–Kier alpha value is -1.48. The second-order valence-electron chi connectivity index (χ2n) is 3.74. The Morgan fingerprint density at radius 3 is 2.89 bits per heavy atom. The first-order valence-electron chi connectivity index (χ1n) is 5.56. The van der Waals surface area contributed by atoms with E-state index in [1.165, 1.54) is 18.5 Å². The number of nitrogens with zero attached hydrogens (tertiary/aromatic N) is 1. The molecule has 0 fully saturated rings. The number of rotatable bonds is 6. The predicted molar refractivity (Wildman–Crippen MR) is 75.3 cm³/mol. The van der Waals surface area contributed by atoms with E-state index in [1.54, 1.807) is 11.3 Å². The van der Waals surface area contributed by atoms with E-state index in [0.29, 0.717) is 18.7 Å². The predicted octanol–water partition coefficient (Wildman–Crippen LogP) is 0.950. The van der Waals surface area contributed by atoms with Crippen molar-refractivity contribution >= 4 is 27.0 Å². The van der Waals surface area contributed by atoms with Crippen LogP contribution in [0.4, 0.5) is 5.69 Å². The lowest BCUT2D eigenvalue weighted by Crippen LogP contribution is -2.27. The molecule has 0 bridgehead atoms. The van der Waals surface area contributed by atoms with Gasteiger partial charge in [0.2, 0.25) is 10.0 Å². The highest BCUT2D eigenvalue weighted by atomic mass is 32.2. The Morgan fingerprint density at radius 1 is 1.37 bits per heavy atom. The summed E-state index contributed by atoms with van der Waals surface area (Å²) in [4.78, 5) is 4.98. The molecule has 102 valence electrons. The van der Waals surface area contributed by atoms with E-state index in [2.05, 4.69) is 15.1 Å². The van der Waals surface area contributed by atoms with Crippen LogP contribution in [-0.4, -0.2) is 19.9 Å². The highest BCUT2D eigenvalue weighted by Crippen LogP contribution is 2.18. The number of sulfonamides is 1. The topological polar surface area (TPSA) is 97.1 Å². The molecule has 2 aromatic rings. The summed E-state index contributed by atoms with van der Waals surface area (Å²) in [5.74, 6) is 5.28.